The third kappa shape index (κ3) is 5.23. The van der Waals surface area contributed by atoms with Crippen molar-refractivity contribution >= 4 is 23.4 Å². The summed E-state index contributed by atoms with van der Waals surface area (Å²) in [6.45, 7) is 0.369. The summed E-state index contributed by atoms with van der Waals surface area (Å²) in [5, 5.41) is 22.7. The molecular formula is C23H22N4O3. The summed E-state index contributed by atoms with van der Waals surface area (Å²) >= 11 is 0. The van der Waals surface area contributed by atoms with E-state index < -0.39 is 12.0 Å². The average molecular weight is 402 g/mol. The van der Waals surface area contributed by atoms with Gasteiger partial charge in [-0.1, -0.05) is 42.5 Å². The molecule has 0 spiro atoms. The largest absolute Gasteiger partial charge is 0.478 e. The molecule has 3 aromatic rings. The molecule has 7 heteroatoms. The summed E-state index contributed by atoms with van der Waals surface area (Å²) in [5.74, 6) is -1.32. The minimum atomic E-state index is -1.03. The fourth-order valence-electron chi connectivity index (χ4n) is 2.92. The van der Waals surface area contributed by atoms with Crippen LogP contribution < -0.4 is 16.4 Å². The number of nitrogens with two attached hydrogens (primary N) is 1. The molecule has 6 N–H and O–H groups in total. The van der Waals surface area contributed by atoms with Crippen LogP contribution in [-0.4, -0.2) is 22.8 Å². The molecule has 1 amide bonds. The summed E-state index contributed by atoms with van der Waals surface area (Å²) in [6, 6.07) is 21.8. The molecule has 0 aromatic heterocycles. The fourth-order valence-corrected chi connectivity index (χ4v) is 2.92. The number of nitrogens with one attached hydrogen (secondary N) is 3. The predicted molar refractivity (Wildman–Crippen MR) is 116 cm³/mol. The van der Waals surface area contributed by atoms with Crippen LogP contribution in [-0.2, 0) is 11.3 Å². The van der Waals surface area contributed by atoms with Crippen molar-refractivity contribution in [2.75, 3.05) is 5.32 Å². The molecule has 1 atom stereocenters. The van der Waals surface area contributed by atoms with Gasteiger partial charge in [-0.15, -0.1) is 0 Å². The molecule has 0 aliphatic rings. The molecule has 1 unspecified atom stereocenters. The molecule has 0 fully saturated rings. The zero-order valence-corrected chi connectivity index (χ0v) is 16.1. The molecule has 152 valence electrons. The first kappa shape index (κ1) is 20.6. The Bertz CT molecular complexity index is 1030. The van der Waals surface area contributed by atoms with E-state index in [-0.39, 0.29) is 17.3 Å². The maximum Gasteiger partial charge on any atom is 0.335 e. The Morgan fingerprint density at radius 1 is 0.900 bits per heavy atom. The van der Waals surface area contributed by atoms with E-state index in [1.165, 1.54) is 12.1 Å². The van der Waals surface area contributed by atoms with Crippen LogP contribution in [0.4, 0.5) is 5.69 Å². The minimum absolute atomic E-state index is 0.0389. The smallest absolute Gasteiger partial charge is 0.335 e. The molecule has 3 aromatic carbocycles. The van der Waals surface area contributed by atoms with Crippen molar-refractivity contribution in [3.05, 3.63) is 101 Å². The molecule has 0 aliphatic heterocycles. The highest BCUT2D eigenvalue weighted by Crippen LogP contribution is 2.21. The van der Waals surface area contributed by atoms with E-state index in [4.69, 9.17) is 16.2 Å². The number of anilines is 1. The Morgan fingerprint density at radius 3 is 2.07 bits per heavy atom. The second-order valence-corrected chi connectivity index (χ2v) is 6.70. The summed E-state index contributed by atoms with van der Waals surface area (Å²) in [6.07, 6.45) is 0. The third-order valence-corrected chi connectivity index (χ3v) is 4.57. The Labute approximate surface area is 174 Å². The van der Waals surface area contributed by atoms with E-state index >= 15 is 0 Å². The number of amidine groups is 1. The standard InChI is InChI=1S/C23H22N4O3/c24-21(25)17-10-12-19(13-11-17)27-20(16-6-8-18(9-7-16)23(29)30)22(28)26-14-15-4-2-1-3-5-15/h1-13,20,27H,14H2,(H3,24,25)(H,26,28)(H,29,30). The van der Waals surface area contributed by atoms with Gasteiger partial charge < -0.3 is 21.5 Å². The number of rotatable bonds is 8. The first-order valence-corrected chi connectivity index (χ1v) is 9.30. The fraction of sp³-hybridized carbons (Fsp3) is 0.0870. The maximum atomic E-state index is 13.0. The van der Waals surface area contributed by atoms with Gasteiger partial charge in [-0.05, 0) is 47.5 Å². The number of hydrogen-bond donors (Lipinski definition) is 5. The van der Waals surface area contributed by atoms with Gasteiger partial charge in [-0.2, -0.15) is 0 Å². The molecule has 0 heterocycles. The Balaban J connectivity index is 1.82. The summed E-state index contributed by atoms with van der Waals surface area (Å²) in [5.41, 5.74) is 8.48. The molecule has 0 radical (unpaired) electrons. The lowest BCUT2D eigenvalue weighted by atomic mass is 10.0. The number of amides is 1. The highest BCUT2D eigenvalue weighted by Gasteiger charge is 2.21. The van der Waals surface area contributed by atoms with Gasteiger partial charge in [0, 0.05) is 17.8 Å². The topological polar surface area (TPSA) is 128 Å². The second-order valence-electron chi connectivity index (χ2n) is 6.70. The molecule has 3 rings (SSSR count). The van der Waals surface area contributed by atoms with Gasteiger partial charge in [0.25, 0.3) is 0 Å². The third-order valence-electron chi connectivity index (χ3n) is 4.57. The van der Waals surface area contributed by atoms with Crippen molar-refractivity contribution in [3.63, 3.8) is 0 Å². The van der Waals surface area contributed by atoms with Crippen molar-refractivity contribution in [3.8, 4) is 0 Å². The number of carbonyl (C=O) groups is 2. The highest BCUT2D eigenvalue weighted by atomic mass is 16.4. The molecule has 7 nitrogen and oxygen atoms in total. The van der Waals surface area contributed by atoms with Crippen molar-refractivity contribution in [2.24, 2.45) is 5.73 Å². The number of nitrogen functional groups attached to an aromatic ring is 1. The van der Waals surface area contributed by atoms with E-state index in [0.29, 0.717) is 23.4 Å². The quantitative estimate of drug-likeness (QED) is 0.292. The number of aromatic carboxylic acids is 1. The van der Waals surface area contributed by atoms with Crippen LogP contribution in [0, 0.1) is 5.41 Å². The van der Waals surface area contributed by atoms with Crippen molar-refractivity contribution in [1.82, 2.24) is 5.32 Å². The monoisotopic (exact) mass is 402 g/mol. The molecule has 0 saturated carbocycles. The van der Waals surface area contributed by atoms with E-state index in [2.05, 4.69) is 10.6 Å². The zero-order chi connectivity index (χ0) is 21.5. The van der Waals surface area contributed by atoms with E-state index in [1.54, 1.807) is 36.4 Å². The van der Waals surface area contributed by atoms with Crippen LogP contribution in [0.3, 0.4) is 0 Å². The number of hydrogen-bond acceptors (Lipinski definition) is 4. The second kappa shape index (κ2) is 9.38. The van der Waals surface area contributed by atoms with Gasteiger partial charge in [-0.25, -0.2) is 4.79 Å². The Kier molecular flexibility index (Phi) is 6.44. The average Bonchev–Trinajstić information content (AvgIpc) is 2.77. The summed E-state index contributed by atoms with van der Waals surface area (Å²) in [4.78, 5) is 24.1. The lowest BCUT2D eigenvalue weighted by Crippen LogP contribution is -2.33. The van der Waals surface area contributed by atoms with Gasteiger partial charge in [0.05, 0.1) is 5.56 Å². The summed E-state index contributed by atoms with van der Waals surface area (Å²) < 4.78 is 0. The normalized spacial score (nSPS) is 11.3. The zero-order valence-electron chi connectivity index (χ0n) is 16.1. The lowest BCUT2D eigenvalue weighted by Gasteiger charge is -2.20. The van der Waals surface area contributed by atoms with Crippen molar-refractivity contribution in [2.45, 2.75) is 12.6 Å². The van der Waals surface area contributed by atoms with Crippen molar-refractivity contribution < 1.29 is 14.7 Å². The molecule has 30 heavy (non-hydrogen) atoms. The van der Waals surface area contributed by atoms with Crippen LogP contribution >= 0.6 is 0 Å². The van der Waals surface area contributed by atoms with Gasteiger partial charge in [-0.3, -0.25) is 10.2 Å². The van der Waals surface area contributed by atoms with Crippen LogP contribution in [0.15, 0.2) is 78.9 Å². The maximum absolute atomic E-state index is 13.0. The molecule has 0 saturated heterocycles. The Morgan fingerprint density at radius 2 is 1.50 bits per heavy atom. The van der Waals surface area contributed by atoms with Gasteiger partial charge in [0.2, 0.25) is 5.91 Å². The van der Waals surface area contributed by atoms with E-state index in [0.717, 1.165) is 5.56 Å². The number of carboxylic acids is 1. The minimum Gasteiger partial charge on any atom is -0.478 e. The first-order chi connectivity index (χ1) is 14.4. The Hall–Kier alpha value is -4.13. The number of carbonyl (C=O) groups excluding carboxylic acids is 1. The van der Waals surface area contributed by atoms with Gasteiger partial charge >= 0.3 is 5.97 Å². The van der Waals surface area contributed by atoms with Crippen LogP contribution in [0.25, 0.3) is 0 Å². The summed E-state index contributed by atoms with van der Waals surface area (Å²) in [7, 11) is 0. The predicted octanol–water partition coefficient (Wildman–Crippen LogP) is 3.14. The van der Waals surface area contributed by atoms with Crippen LogP contribution in [0.5, 0.6) is 0 Å². The van der Waals surface area contributed by atoms with E-state index in [1.807, 2.05) is 30.3 Å². The van der Waals surface area contributed by atoms with Gasteiger partial charge in [0.1, 0.15) is 11.9 Å². The highest BCUT2D eigenvalue weighted by molar-refractivity contribution is 5.95. The molecule has 0 bridgehead atoms. The SMILES string of the molecule is N=C(N)c1ccc(NC(C(=O)NCc2ccccc2)c2ccc(C(=O)O)cc2)cc1. The molecular weight excluding hydrogens is 380 g/mol. The van der Waals surface area contributed by atoms with Crippen LogP contribution in [0.1, 0.15) is 33.1 Å². The number of benzene rings is 3. The lowest BCUT2D eigenvalue weighted by molar-refractivity contribution is -0.122. The number of carboxylic acid groups (broad SMARTS) is 1. The van der Waals surface area contributed by atoms with Gasteiger partial charge in [0.15, 0.2) is 0 Å². The first-order valence-electron chi connectivity index (χ1n) is 9.30. The van der Waals surface area contributed by atoms with Crippen molar-refractivity contribution in [1.29, 1.82) is 5.41 Å². The van der Waals surface area contributed by atoms with E-state index in [9.17, 15) is 9.59 Å². The molecule has 0 aliphatic carbocycles. The van der Waals surface area contributed by atoms with Crippen LogP contribution in [0.2, 0.25) is 0 Å².